The fourth-order valence-corrected chi connectivity index (χ4v) is 3.42. The van der Waals surface area contributed by atoms with Gasteiger partial charge in [-0.05, 0) is 37.3 Å². The summed E-state index contributed by atoms with van der Waals surface area (Å²) in [7, 11) is 0. The van der Waals surface area contributed by atoms with Crippen molar-refractivity contribution in [2.24, 2.45) is 0 Å². The molecule has 0 aliphatic rings. The lowest BCUT2D eigenvalue weighted by atomic mass is 10.2. The summed E-state index contributed by atoms with van der Waals surface area (Å²) in [4.78, 5) is 33.9. The highest BCUT2D eigenvalue weighted by molar-refractivity contribution is 6.34. The van der Waals surface area contributed by atoms with Gasteiger partial charge in [-0.25, -0.2) is 4.98 Å². The van der Waals surface area contributed by atoms with Gasteiger partial charge in [-0.3, -0.25) is 9.59 Å². The second-order valence-corrected chi connectivity index (χ2v) is 7.83. The van der Waals surface area contributed by atoms with Crippen LogP contribution in [0.4, 0.5) is 34.5 Å². The van der Waals surface area contributed by atoms with Crippen molar-refractivity contribution in [2.45, 2.75) is 27.2 Å². The molecule has 0 bridgehead atoms. The Balaban J connectivity index is 1.83. The zero-order valence-electron chi connectivity index (χ0n) is 18.4. The van der Waals surface area contributed by atoms with E-state index in [-0.39, 0.29) is 17.8 Å². The monoisotopic (exact) mass is 486 g/mol. The van der Waals surface area contributed by atoms with Crippen LogP contribution >= 0.6 is 23.2 Å². The molecule has 172 valence electrons. The third-order valence-corrected chi connectivity index (χ3v) is 5.32. The number of amides is 2. The number of aromatic nitrogens is 2. The van der Waals surface area contributed by atoms with E-state index < -0.39 is 0 Å². The summed E-state index contributed by atoms with van der Waals surface area (Å²) in [6, 6.07) is 12.5. The molecule has 0 atom stereocenters. The van der Waals surface area contributed by atoms with Gasteiger partial charge < -0.3 is 20.9 Å². The lowest BCUT2D eigenvalue weighted by Crippen LogP contribution is -2.27. The fraction of sp³-hybridized carbons (Fsp3) is 0.217. The minimum Gasteiger partial charge on any atom is -0.337 e. The van der Waals surface area contributed by atoms with Gasteiger partial charge in [0.15, 0.2) is 5.82 Å². The molecule has 10 heteroatoms. The van der Waals surface area contributed by atoms with Gasteiger partial charge in [-0.2, -0.15) is 4.98 Å². The van der Waals surface area contributed by atoms with Crippen molar-refractivity contribution in [1.82, 2.24) is 9.97 Å². The Morgan fingerprint density at radius 1 is 0.970 bits per heavy atom. The van der Waals surface area contributed by atoms with Crippen molar-refractivity contribution in [3.63, 3.8) is 0 Å². The van der Waals surface area contributed by atoms with Gasteiger partial charge in [0, 0.05) is 25.6 Å². The standard InChI is InChI=1S/C23H24Cl2N6O2/c1-4-21(33)27-19-8-6-7-9-20(19)28-22-17(25)13-26-23(30-22)29-18-11-10-15(12-16(18)24)31(5-2)14(3)32/h6-13H,4-5H2,1-3H3,(H,27,33)(H2,26,28,29,30). The zero-order chi connectivity index (χ0) is 24.0. The van der Waals surface area contributed by atoms with E-state index in [2.05, 4.69) is 25.9 Å². The first kappa shape index (κ1) is 24.3. The van der Waals surface area contributed by atoms with Crippen molar-refractivity contribution in [1.29, 1.82) is 0 Å². The van der Waals surface area contributed by atoms with Crippen LogP contribution in [0.3, 0.4) is 0 Å². The zero-order valence-corrected chi connectivity index (χ0v) is 20.0. The molecule has 2 amide bonds. The average molecular weight is 487 g/mol. The van der Waals surface area contributed by atoms with Crippen LogP contribution in [-0.2, 0) is 9.59 Å². The molecule has 0 aliphatic heterocycles. The highest BCUT2D eigenvalue weighted by Gasteiger charge is 2.13. The molecule has 0 saturated carbocycles. The lowest BCUT2D eigenvalue weighted by molar-refractivity contribution is -0.117. The number of nitrogens with zero attached hydrogens (tertiary/aromatic N) is 3. The highest BCUT2D eigenvalue weighted by atomic mass is 35.5. The van der Waals surface area contributed by atoms with Crippen molar-refractivity contribution in [3.05, 3.63) is 58.7 Å². The van der Waals surface area contributed by atoms with Gasteiger partial charge in [0.2, 0.25) is 17.8 Å². The summed E-state index contributed by atoms with van der Waals surface area (Å²) in [6.07, 6.45) is 1.82. The van der Waals surface area contributed by atoms with E-state index in [4.69, 9.17) is 23.2 Å². The Labute approximate surface area is 202 Å². The van der Waals surface area contributed by atoms with E-state index in [0.717, 1.165) is 0 Å². The minimum atomic E-state index is -0.107. The van der Waals surface area contributed by atoms with Crippen LogP contribution in [0.5, 0.6) is 0 Å². The summed E-state index contributed by atoms with van der Waals surface area (Å²) < 4.78 is 0. The molecular weight excluding hydrogens is 463 g/mol. The number of para-hydroxylation sites is 2. The topological polar surface area (TPSA) is 99.2 Å². The molecule has 0 fully saturated rings. The SMILES string of the molecule is CCC(=O)Nc1ccccc1Nc1nc(Nc2ccc(N(CC)C(C)=O)cc2Cl)ncc1Cl. The number of halogens is 2. The maximum Gasteiger partial charge on any atom is 0.229 e. The average Bonchev–Trinajstić information content (AvgIpc) is 2.79. The fourth-order valence-electron chi connectivity index (χ4n) is 3.06. The quantitative estimate of drug-likeness (QED) is 0.361. The molecule has 1 aromatic heterocycles. The normalized spacial score (nSPS) is 10.5. The van der Waals surface area contributed by atoms with E-state index in [1.165, 1.54) is 13.1 Å². The number of carbonyl (C=O) groups excluding carboxylic acids is 2. The van der Waals surface area contributed by atoms with Crippen LogP contribution < -0.4 is 20.9 Å². The number of rotatable bonds is 8. The number of hydrogen-bond donors (Lipinski definition) is 3. The number of carbonyl (C=O) groups is 2. The molecule has 0 unspecified atom stereocenters. The Morgan fingerprint density at radius 3 is 2.33 bits per heavy atom. The summed E-state index contributed by atoms with van der Waals surface area (Å²) in [5.74, 6) is 0.450. The third kappa shape index (κ3) is 6.12. The van der Waals surface area contributed by atoms with Gasteiger partial charge in [-0.1, -0.05) is 42.3 Å². The van der Waals surface area contributed by atoms with Crippen molar-refractivity contribution < 1.29 is 9.59 Å². The third-order valence-electron chi connectivity index (χ3n) is 4.73. The summed E-state index contributed by atoms with van der Waals surface area (Å²) in [5.41, 5.74) is 2.52. The van der Waals surface area contributed by atoms with Gasteiger partial charge in [-0.15, -0.1) is 0 Å². The molecule has 3 N–H and O–H groups in total. The predicted octanol–water partition coefficient (Wildman–Crippen LogP) is 5.99. The smallest absolute Gasteiger partial charge is 0.229 e. The molecule has 8 nitrogen and oxygen atoms in total. The molecule has 3 aromatic rings. The molecule has 3 rings (SSSR count). The number of benzene rings is 2. The second-order valence-electron chi connectivity index (χ2n) is 7.01. The molecule has 0 saturated heterocycles. The van der Waals surface area contributed by atoms with Crippen molar-refractivity contribution in [3.8, 4) is 0 Å². The van der Waals surface area contributed by atoms with Crippen LogP contribution in [0, 0.1) is 0 Å². The summed E-state index contributed by atoms with van der Waals surface area (Å²) >= 11 is 12.7. The van der Waals surface area contributed by atoms with Crippen LogP contribution in [0.25, 0.3) is 0 Å². The Hall–Kier alpha value is -3.36. The molecular formula is C23H24Cl2N6O2. The highest BCUT2D eigenvalue weighted by Crippen LogP contribution is 2.32. The first-order chi connectivity index (χ1) is 15.8. The molecule has 0 spiro atoms. The number of hydrogen-bond acceptors (Lipinski definition) is 6. The minimum absolute atomic E-state index is 0.0681. The van der Waals surface area contributed by atoms with Crippen LogP contribution in [-0.4, -0.2) is 28.3 Å². The van der Waals surface area contributed by atoms with Crippen molar-refractivity contribution >= 4 is 69.5 Å². The Morgan fingerprint density at radius 2 is 1.70 bits per heavy atom. The van der Waals surface area contributed by atoms with Crippen molar-refractivity contribution in [2.75, 3.05) is 27.4 Å². The van der Waals surface area contributed by atoms with Crippen LogP contribution in [0.15, 0.2) is 48.7 Å². The van der Waals surface area contributed by atoms with Crippen LogP contribution in [0.1, 0.15) is 27.2 Å². The molecule has 0 radical (unpaired) electrons. The Kier molecular flexibility index (Phi) is 8.08. The van der Waals surface area contributed by atoms with E-state index in [1.807, 2.05) is 19.1 Å². The van der Waals surface area contributed by atoms with E-state index in [9.17, 15) is 9.59 Å². The van der Waals surface area contributed by atoms with Gasteiger partial charge in [0.25, 0.3) is 0 Å². The van der Waals surface area contributed by atoms with Gasteiger partial charge in [0.1, 0.15) is 5.02 Å². The molecule has 0 aliphatic carbocycles. The van der Waals surface area contributed by atoms with E-state index >= 15 is 0 Å². The number of nitrogens with one attached hydrogen (secondary N) is 3. The number of anilines is 6. The largest absolute Gasteiger partial charge is 0.337 e. The summed E-state index contributed by atoms with van der Waals surface area (Å²) in [6.45, 7) is 5.71. The first-order valence-electron chi connectivity index (χ1n) is 10.4. The Bertz CT molecular complexity index is 1170. The van der Waals surface area contributed by atoms with Gasteiger partial charge in [0.05, 0.1) is 28.3 Å². The maximum atomic E-state index is 11.8. The first-order valence-corrected chi connectivity index (χ1v) is 11.1. The van der Waals surface area contributed by atoms with E-state index in [1.54, 1.807) is 42.2 Å². The van der Waals surface area contributed by atoms with Gasteiger partial charge >= 0.3 is 0 Å². The molecule has 2 aromatic carbocycles. The lowest BCUT2D eigenvalue weighted by Gasteiger charge is -2.20. The van der Waals surface area contributed by atoms with Crippen LogP contribution in [0.2, 0.25) is 10.0 Å². The molecule has 33 heavy (non-hydrogen) atoms. The maximum absolute atomic E-state index is 11.8. The van der Waals surface area contributed by atoms with E-state index in [0.29, 0.717) is 51.6 Å². The second kappa shape index (κ2) is 11.0. The predicted molar refractivity (Wildman–Crippen MR) is 134 cm³/mol. The summed E-state index contributed by atoms with van der Waals surface area (Å²) in [5, 5.41) is 9.76. The molecule has 1 heterocycles.